The van der Waals surface area contributed by atoms with Crippen LogP contribution >= 0.6 is 11.8 Å². The van der Waals surface area contributed by atoms with Gasteiger partial charge in [-0.15, -0.1) is 10.2 Å². The van der Waals surface area contributed by atoms with E-state index in [0.717, 1.165) is 42.9 Å². The number of nitrogens with zero attached hydrogens (tertiary/aromatic N) is 5. The number of rotatable bonds is 6. The van der Waals surface area contributed by atoms with Crippen molar-refractivity contribution in [2.75, 3.05) is 12.3 Å². The van der Waals surface area contributed by atoms with E-state index in [2.05, 4.69) is 21.7 Å². The summed E-state index contributed by atoms with van der Waals surface area (Å²) in [5.74, 6) is 1.22. The number of aromatic nitrogens is 3. The molecule has 28 heavy (non-hydrogen) atoms. The van der Waals surface area contributed by atoms with Crippen LogP contribution < -0.4 is 0 Å². The summed E-state index contributed by atoms with van der Waals surface area (Å²) in [5.41, 5.74) is 0.852. The Kier molecular flexibility index (Phi) is 5.34. The van der Waals surface area contributed by atoms with Crippen LogP contribution in [0.1, 0.15) is 45.1 Å². The van der Waals surface area contributed by atoms with Crippen LogP contribution in [0.2, 0.25) is 0 Å². The minimum Gasteiger partial charge on any atom is -0.339 e. The van der Waals surface area contributed by atoms with Crippen LogP contribution in [0, 0.1) is 10.1 Å². The normalized spacial score (nSPS) is 19.6. The average Bonchev–Trinajstić information content (AvgIpc) is 3.45. The SMILES string of the molecule is CC1CCCCN1C(=O)CSc1nnc(-c2ccc([N+](=O)[O-])cc2)n1C1CC1. The highest BCUT2D eigenvalue weighted by atomic mass is 32.2. The second kappa shape index (κ2) is 7.90. The lowest BCUT2D eigenvalue weighted by atomic mass is 10.0. The number of hydrogen-bond donors (Lipinski definition) is 0. The molecule has 1 aliphatic heterocycles. The zero-order valence-electron chi connectivity index (χ0n) is 15.8. The number of thioether (sulfide) groups is 1. The summed E-state index contributed by atoms with van der Waals surface area (Å²) in [6.45, 7) is 2.95. The van der Waals surface area contributed by atoms with E-state index >= 15 is 0 Å². The molecule has 0 bridgehead atoms. The second-order valence-electron chi connectivity index (χ2n) is 7.43. The van der Waals surface area contributed by atoms with Crippen LogP contribution in [-0.4, -0.2) is 48.8 Å². The zero-order valence-corrected chi connectivity index (χ0v) is 16.6. The van der Waals surface area contributed by atoms with Gasteiger partial charge in [0.05, 0.1) is 10.7 Å². The number of non-ortho nitro benzene ring substituents is 1. The molecule has 148 valence electrons. The van der Waals surface area contributed by atoms with Crippen molar-refractivity contribution in [3.63, 3.8) is 0 Å². The molecule has 1 atom stereocenters. The second-order valence-corrected chi connectivity index (χ2v) is 8.37. The maximum absolute atomic E-state index is 12.6. The van der Waals surface area contributed by atoms with Gasteiger partial charge in [0.25, 0.3) is 5.69 Å². The molecule has 1 saturated heterocycles. The van der Waals surface area contributed by atoms with Crippen LogP contribution in [0.15, 0.2) is 29.4 Å². The molecule has 9 heteroatoms. The first-order chi connectivity index (χ1) is 13.5. The molecule has 0 radical (unpaired) electrons. The Morgan fingerprint density at radius 3 is 2.61 bits per heavy atom. The lowest BCUT2D eigenvalue weighted by Crippen LogP contribution is -2.43. The molecule has 2 fully saturated rings. The number of carbonyl (C=O) groups excluding carboxylic acids is 1. The van der Waals surface area contributed by atoms with Gasteiger partial charge in [-0.2, -0.15) is 0 Å². The number of likely N-dealkylation sites (tertiary alicyclic amines) is 1. The highest BCUT2D eigenvalue weighted by Crippen LogP contribution is 2.41. The van der Waals surface area contributed by atoms with Crippen molar-refractivity contribution in [3.05, 3.63) is 34.4 Å². The number of amides is 1. The number of nitro groups is 1. The van der Waals surface area contributed by atoms with Crippen LogP contribution in [0.4, 0.5) is 5.69 Å². The molecule has 1 aromatic heterocycles. The summed E-state index contributed by atoms with van der Waals surface area (Å²) >= 11 is 1.43. The number of benzene rings is 1. The van der Waals surface area contributed by atoms with Gasteiger partial charge >= 0.3 is 0 Å². The monoisotopic (exact) mass is 401 g/mol. The van der Waals surface area contributed by atoms with Crippen molar-refractivity contribution >= 4 is 23.4 Å². The maximum atomic E-state index is 12.6. The lowest BCUT2D eigenvalue weighted by molar-refractivity contribution is -0.384. The molecule has 8 nitrogen and oxygen atoms in total. The zero-order chi connectivity index (χ0) is 19.7. The van der Waals surface area contributed by atoms with Gasteiger partial charge in [0.1, 0.15) is 0 Å². The Bertz CT molecular complexity index is 878. The fourth-order valence-electron chi connectivity index (χ4n) is 3.64. The third-order valence-corrected chi connectivity index (χ3v) is 6.29. The van der Waals surface area contributed by atoms with Crippen molar-refractivity contribution in [1.29, 1.82) is 0 Å². The van der Waals surface area contributed by atoms with Crippen molar-refractivity contribution in [3.8, 4) is 11.4 Å². The highest BCUT2D eigenvalue weighted by Gasteiger charge is 2.31. The van der Waals surface area contributed by atoms with E-state index in [9.17, 15) is 14.9 Å². The van der Waals surface area contributed by atoms with E-state index in [0.29, 0.717) is 23.7 Å². The fraction of sp³-hybridized carbons (Fsp3) is 0.526. The van der Waals surface area contributed by atoms with E-state index in [1.54, 1.807) is 12.1 Å². The lowest BCUT2D eigenvalue weighted by Gasteiger charge is -2.33. The summed E-state index contributed by atoms with van der Waals surface area (Å²) in [7, 11) is 0. The first-order valence-corrected chi connectivity index (χ1v) is 10.6. The molecule has 2 aromatic rings. The molecule has 4 rings (SSSR count). The third-order valence-electron chi connectivity index (χ3n) is 5.36. The summed E-state index contributed by atoms with van der Waals surface area (Å²) in [4.78, 5) is 25.1. The summed E-state index contributed by atoms with van der Waals surface area (Å²) in [6.07, 6.45) is 5.44. The molecular formula is C19H23N5O3S. The quantitative estimate of drug-likeness (QED) is 0.416. The van der Waals surface area contributed by atoms with E-state index < -0.39 is 4.92 Å². The van der Waals surface area contributed by atoms with Crippen LogP contribution in [0.3, 0.4) is 0 Å². The maximum Gasteiger partial charge on any atom is 0.269 e. The molecule has 1 aromatic carbocycles. The van der Waals surface area contributed by atoms with E-state index in [1.165, 1.54) is 30.3 Å². The highest BCUT2D eigenvalue weighted by molar-refractivity contribution is 7.99. The fourth-order valence-corrected chi connectivity index (χ4v) is 4.54. The van der Waals surface area contributed by atoms with Gasteiger partial charge in [-0.05, 0) is 51.2 Å². The Hall–Kier alpha value is -2.42. The van der Waals surface area contributed by atoms with Crippen LogP contribution in [0.5, 0.6) is 0 Å². The van der Waals surface area contributed by atoms with Crippen molar-refractivity contribution in [2.45, 2.75) is 56.3 Å². The van der Waals surface area contributed by atoms with E-state index in [4.69, 9.17) is 0 Å². The molecule has 2 aliphatic rings. The largest absolute Gasteiger partial charge is 0.339 e. The van der Waals surface area contributed by atoms with Crippen molar-refractivity contribution < 1.29 is 9.72 Å². The predicted molar refractivity (Wildman–Crippen MR) is 106 cm³/mol. The number of nitro benzene ring substituents is 1. The van der Waals surface area contributed by atoms with Gasteiger partial charge in [0.2, 0.25) is 5.91 Å². The van der Waals surface area contributed by atoms with E-state index in [1.807, 2.05) is 4.90 Å². The van der Waals surface area contributed by atoms with Gasteiger partial charge < -0.3 is 4.90 Å². The molecule has 0 spiro atoms. The smallest absolute Gasteiger partial charge is 0.269 e. The van der Waals surface area contributed by atoms with Gasteiger partial charge in [-0.25, -0.2) is 0 Å². The third kappa shape index (κ3) is 3.89. The predicted octanol–water partition coefficient (Wildman–Crippen LogP) is 3.68. The Balaban J connectivity index is 1.51. The summed E-state index contributed by atoms with van der Waals surface area (Å²) in [5, 5.41) is 20.3. The van der Waals surface area contributed by atoms with Crippen molar-refractivity contribution in [1.82, 2.24) is 19.7 Å². The number of piperidine rings is 1. The Labute approximate surface area is 167 Å². The molecule has 2 heterocycles. The van der Waals surface area contributed by atoms with Gasteiger partial charge in [-0.1, -0.05) is 11.8 Å². The summed E-state index contributed by atoms with van der Waals surface area (Å²) < 4.78 is 2.08. The minimum atomic E-state index is -0.413. The van der Waals surface area contributed by atoms with Crippen LogP contribution in [-0.2, 0) is 4.79 Å². The molecular weight excluding hydrogens is 378 g/mol. The van der Waals surface area contributed by atoms with Gasteiger partial charge in [-0.3, -0.25) is 19.5 Å². The van der Waals surface area contributed by atoms with Crippen LogP contribution in [0.25, 0.3) is 11.4 Å². The van der Waals surface area contributed by atoms with E-state index in [-0.39, 0.29) is 11.6 Å². The first kappa shape index (κ1) is 18.9. The average molecular weight is 401 g/mol. The molecule has 0 N–H and O–H groups in total. The Morgan fingerprint density at radius 2 is 1.96 bits per heavy atom. The van der Waals surface area contributed by atoms with Gasteiger partial charge in [0.15, 0.2) is 11.0 Å². The molecule has 1 unspecified atom stereocenters. The molecule has 1 amide bonds. The first-order valence-electron chi connectivity index (χ1n) is 9.66. The van der Waals surface area contributed by atoms with Crippen molar-refractivity contribution in [2.24, 2.45) is 0 Å². The van der Waals surface area contributed by atoms with Gasteiger partial charge in [0, 0.05) is 36.3 Å². The minimum absolute atomic E-state index is 0.0529. The molecule has 1 saturated carbocycles. The summed E-state index contributed by atoms with van der Waals surface area (Å²) in [6, 6.07) is 7.02. The Morgan fingerprint density at radius 1 is 1.21 bits per heavy atom. The standard InChI is InChI=1S/C19H23N5O3S/c1-13-4-2-3-11-22(13)17(25)12-28-19-21-20-18(23(19)15-9-10-15)14-5-7-16(8-6-14)24(26)27/h5-8,13,15H,2-4,9-12H2,1H3. The number of hydrogen-bond acceptors (Lipinski definition) is 6. The number of carbonyl (C=O) groups is 1. The topological polar surface area (TPSA) is 94.2 Å². The molecule has 1 aliphatic carbocycles.